The Labute approximate surface area is 113 Å². The Morgan fingerprint density at radius 1 is 1.16 bits per heavy atom. The predicted molar refractivity (Wildman–Crippen MR) is 77.7 cm³/mol. The summed E-state index contributed by atoms with van der Waals surface area (Å²) >= 11 is 0. The molecule has 0 aliphatic carbocycles. The lowest BCUT2D eigenvalue weighted by Gasteiger charge is -2.13. The fourth-order valence-corrected chi connectivity index (χ4v) is 1.77. The van der Waals surface area contributed by atoms with Crippen molar-refractivity contribution in [2.75, 3.05) is 24.3 Å². The summed E-state index contributed by atoms with van der Waals surface area (Å²) in [5.41, 5.74) is 3.55. The van der Waals surface area contributed by atoms with Crippen LogP contribution >= 0.6 is 0 Å². The third kappa shape index (κ3) is 2.83. The summed E-state index contributed by atoms with van der Waals surface area (Å²) in [5, 5.41) is 12.3. The van der Waals surface area contributed by atoms with Gasteiger partial charge in [0.25, 0.3) is 0 Å². The van der Waals surface area contributed by atoms with E-state index in [2.05, 4.69) is 16.4 Å². The molecular formula is C15H16N4. The molecule has 4 nitrogen and oxygen atoms in total. The van der Waals surface area contributed by atoms with Gasteiger partial charge in [-0.25, -0.2) is 4.98 Å². The minimum Gasteiger partial charge on any atom is -0.378 e. The van der Waals surface area contributed by atoms with Crippen LogP contribution in [0.4, 0.5) is 17.2 Å². The standard InChI is InChI=1S/C15H16N4/c1-11-8-9-17-15(14(11)10-16)18-12-4-6-13(7-5-12)19(2)3/h4-9H,1-3H3,(H,17,18). The maximum Gasteiger partial charge on any atom is 0.148 e. The van der Waals surface area contributed by atoms with E-state index in [1.807, 2.05) is 56.3 Å². The molecule has 0 aliphatic heterocycles. The van der Waals surface area contributed by atoms with Crippen LogP contribution in [0.3, 0.4) is 0 Å². The second-order valence-corrected chi connectivity index (χ2v) is 4.53. The number of hydrogen-bond donors (Lipinski definition) is 1. The van der Waals surface area contributed by atoms with Crippen LogP contribution in [0.2, 0.25) is 0 Å². The molecule has 1 aromatic carbocycles. The van der Waals surface area contributed by atoms with Crippen molar-refractivity contribution in [1.29, 1.82) is 5.26 Å². The van der Waals surface area contributed by atoms with Gasteiger partial charge in [-0.1, -0.05) is 0 Å². The summed E-state index contributed by atoms with van der Waals surface area (Å²) in [4.78, 5) is 6.26. The molecule has 1 N–H and O–H groups in total. The van der Waals surface area contributed by atoms with E-state index in [0.717, 1.165) is 16.9 Å². The zero-order chi connectivity index (χ0) is 13.8. The molecule has 0 saturated heterocycles. The average Bonchev–Trinajstić information content (AvgIpc) is 2.39. The number of nitriles is 1. The van der Waals surface area contributed by atoms with Gasteiger partial charge < -0.3 is 10.2 Å². The fourth-order valence-electron chi connectivity index (χ4n) is 1.77. The number of hydrogen-bond acceptors (Lipinski definition) is 4. The molecule has 0 spiro atoms. The number of aryl methyl sites for hydroxylation is 1. The summed E-state index contributed by atoms with van der Waals surface area (Å²) < 4.78 is 0. The molecule has 0 bridgehead atoms. The van der Waals surface area contributed by atoms with Crippen molar-refractivity contribution >= 4 is 17.2 Å². The van der Waals surface area contributed by atoms with E-state index in [1.54, 1.807) is 6.20 Å². The van der Waals surface area contributed by atoms with E-state index >= 15 is 0 Å². The van der Waals surface area contributed by atoms with E-state index in [1.165, 1.54) is 0 Å². The second kappa shape index (κ2) is 5.40. The average molecular weight is 252 g/mol. The van der Waals surface area contributed by atoms with Gasteiger partial charge in [0.15, 0.2) is 0 Å². The van der Waals surface area contributed by atoms with E-state index in [4.69, 9.17) is 5.26 Å². The Morgan fingerprint density at radius 3 is 2.42 bits per heavy atom. The Hall–Kier alpha value is -2.54. The number of benzene rings is 1. The van der Waals surface area contributed by atoms with Crippen LogP contribution in [0.5, 0.6) is 0 Å². The van der Waals surface area contributed by atoms with Crippen LogP contribution in [0, 0.1) is 18.3 Å². The Balaban J connectivity index is 2.27. The highest BCUT2D eigenvalue weighted by Crippen LogP contribution is 2.22. The number of rotatable bonds is 3. The molecule has 2 aromatic rings. The minimum atomic E-state index is 0.583. The lowest BCUT2D eigenvalue weighted by atomic mass is 10.1. The first-order valence-electron chi connectivity index (χ1n) is 6.02. The van der Waals surface area contributed by atoms with E-state index in [9.17, 15) is 0 Å². The van der Waals surface area contributed by atoms with Gasteiger partial charge in [0.05, 0.1) is 5.56 Å². The summed E-state index contributed by atoms with van der Waals surface area (Å²) in [6, 6.07) is 12.0. The smallest absolute Gasteiger partial charge is 0.148 e. The Morgan fingerprint density at radius 2 is 1.84 bits per heavy atom. The van der Waals surface area contributed by atoms with Gasteiger partial charge in [-0.3, -0.25) is 0 Å². The number of pyridine rings is 1. The number of nitrogens with zero attached hydrogens (tertiary/aromatic N) is 3. The van der Waals surface area contributed by atoms with Gasteiger partial charge in [0, 0.05) is 31.7 Å². The molecule has 96 valence electrons. The maximum atomic E-state index is 9.16. The molecule has 0 atom stereocenters. The Bertz CT molecular complexity index is 609. The lowest BCUT2D eigenvalue weighted by molar-refractivity contribution is 1.13. The maximum absolute atomic E-state index is 9.16. The summed E-state index contributed by atoms with van der Waals surface area (Å²) in [7, 11) is 4.00. The molecule has 0 radical (unpaired) electrons. The topological polar surface area (TPSA) is 52.0 Å². The highest BCUT2D eigenvalue weighted by Gasteiger charge is 2.06. The van der Waals surface area contributed by atoms with Crippen LogP contribution in [0.25, 0.3) is 0 Å². The van der Waals surface area contributed by atoms with Crippen molar-refractivity contribution in [3.8, 4) is 6.07 Å². The van der Waals surface area contributed by atoms with E-state index < -0.39 is 0 Å². The molecule has 1 heterocycles. The van der Waals surface area contributed by atoms with Gasteiger partial charge in [-0.15, -0.1) is 0 Å². The molecule has 4 heteroatoms. The minimum absolute atomic E-state index is 0.583. The molecule has 19 heavy (non-hydrogen) atoms. The van der Waals surface area contributed by atoms with Crippen LogP contribution in [0.15, 0.2) is 36.5 Å². The van der Waals surface area contributed by atoms with Crippen molar-refractivity contribution in [3.05, 3.63) is 47.7 Å². The van der Waals surface area contributed by atoms with Crippen molar-refractivity contribution < 1.29 is 0 Å². The highest BCUT2D eigenvalue weighted by atomic mass is 15.1. The van der Waals surface area contributed by atoms with Gasteiger partial charge in [-0.05, 0) is 42.8 Å². The zero-order valence-electron chi connectivity index (χ0n) is 11.3. The first kappa shape index (κ1) is 12.9. The van der Waals surface area contributed by atoms with Gasteiger partial charge >= 0.3 is 0 Å². The second-order valence-electron chi connectivity index (χ2n) is 4.53. The number of nitrogens with one attached hydrogen (secondary N) is 1. The molecule has 0 unspecified atom stereocenters. The molecule has 2 rings (SSSR count). The van der Waals surface area contributed by atoms with Crippen molar-refractivity contribution in [1.82, 2.24) is 4.98 Å². The van der Waals surface area contributed by atoms with E-state index in [-0.39, 0.29) is 0 Å². The van der Waals surface area contributed by atoms with Gasteiger partial charge in [0.2, 0.25) is 0 Å². The molecule has 1 aromatic heterocycles. The first-order valence-corrected chi connectivity index (χ1v) is 6.02. The quantitative estimate of drug-likeness (QED) is 0.912. The van der Waals surface area contributed by atoms with Gasteiger partial charge in [0.1, 0.15) is 11.9 Å². The first-order chi connectivity index (χ1) is 9.11. The molecule has 0 aliphatic rings. The molecule has 0 saturated carbocycles. The third-order valence-corrected chi connectivity index (χ3v) is 2.92. The van der Waals surface area contributed by atoms with Crippen LogP contribution in [-0.2, 0) is 0 Å². The summed E-state index contributed by atoms with van der Waals surface area (Å²) in [5.74, 6) is 0.597. The SMILES string of the molecule is Cc1ccnc(Nc2ccc(N(C)C)cc2)c1C#N. The zero-order valence-corrected chi connectivity index (χ0v) is 11.3. The van der Waals surface area contributed by atoms with Crippen LogP contribution in [-0.4, -0.2) is 19.1 Å². The Kier molecular flexibility index (Phi) is 3.67. The van der Waals surface area contributed by atoms with E-state index in [0.29, 0.717) is 11.4 Å². The molecular weight excluding hydrogens is 236 g/mol. The predicted octanol–water partition coefficient (Wildman–Crippen LogP) is 3.07. The number of aromatic nitrogens is 1. The molecule has 0 amide bonds. The van der Waals surface area contributed by atoms with Crippen molar-refractivity contribution in [2.45, 2.75) is 6.92 Å². The third-order valence-electron chi connectivity index (χ3n) is 2.92. The van der Waals surface area contributed by atoms with Crippen molar-refractivity contribution in [2.24, 2.45) is 0 Å². The van der Waals surface area contributed by atoms with Crippen LogP contribution < -0.4 is 10.2 Å². The monoisotopic (exact) mass is 252 g/mol. The largest absolute Gasteiger partial charge is 0.378 e. The van der Waals surface area contributed by atoms with Crippen LogP contribution in [0.1, 0.15) is 11.1 Å². The summed E-state index contributed by atoms with van der Waals surface area (Å²) in [6.07, 6.45) is 1.70. The van der Waals surface area contributed by atoms with Crippen molar-refractivity contribution in [3.63, 3.8) is 0 Å². The molecule has 0 fully saturated rings. The highest BCUT2D eigenvalue weighted by molar-refractivity contribution is 5.66. The number of anilines is 3. The lowest BCUT2D eigenvalue weighted by Crippen LogP contribution is -2.08. The summed E-state index contributed by atoms with van der Waals surface area (Å²) in [6.45, 7) is 1.90. The van der Waals surface area contributed by atoms with Gasteiger partial charge in [-0.2, -0.15) is 5.26 Å². The fraction of sp³-hybridized carbons (Fsp3) is 0.200. The normalized spacial score (nSPS) is 9.79.